The molecule has 5 N–H and O–H groups in total. The molecular weight excluding hydrogens is 682 g/mol. The standard InChI is InChI=1S/C32H42ClN5O6S3/c1-19-6-11-29-25(15-19)24(20(2)38(29)32(42)22-7-9-23(33)10-8-22)16-30(40)37-47(43,44)14-4-5-26(34)31(41)28(18-46)36-13-12-35-27(17-45)21(3)39/h6-11,15,26-28,35-36,45-46H,4-5,12-14,16-18,34H2,1-3H3,(H,37,40)/t26?,27-,28-/m0/s1. The van der Waals surface area contributed by atoms with E-state index in [0.717, 1.165) is 5.56 Å². The molecule has 256 valence electrons. The first-order valence-corrected chi connectivity index (χ1v) is 18.4. The Hall–Kier alpha value is -2.72. The fraction of sp³-hybridized carbons (Fsp3) is 0.438. The van der Waals surface area contributed by atoms with E-state index >= 15 is 0 Å². The van der Waals surface area contributed by atoms with Crippen molar-refractivity contribution in [1.29, 1.82) is 0 Å². The Labute approximate surface area is 291 Å². The topological polar surface area (TPSA) is 169 Å². The number of sulfonamides is 1. The number of Topliss-reactive ketones (excluding diaryl/α,β-unsaturated/α-hetero) is 2. The highest BCUT2D eigenvalue weighted by molar-refractivity contribution is 7.90. The van der Waals surface area contributed by atoms with Crippen molar-refractivity contribution >= 4 is 81.2 Å². The number of nitrogens with two attached hydrogens (primary N) is 1. The van der Waals surface area contributed by atoms with Gasteiger partial charge in [0.05, 0.1) is 35.8 Å². The maximum absolute atomic E-state index is 13.5. The molecule has 15 heteroatoms. The van der Waals surface area contributed by atoms with Crippen molar-refractivity contribution in [3.63, 3.8) is 0 Å². The normalized spacial score (nSPS) is 13.7. The van der Waals surface area contributed by atoms with Crippen molar-refractivity contribution < 1.29 is 27.6 Å². The molecule has 0 saturated heterocycles. The SMILES string of the molecule is CC(=O)[C@H](CS)NCCN[C@@H](CS)C(=O)C(N)CCCS(=O)(=O)NC(=O)Cc1c(C)n(C(=O)c2ccc(Cl)cc2)c2ccc(C)cc12. The number of benzene rings is 2. The summed E-state index contributed by atoms with van der Waals surface area (Å²) in [6.07, 6.45) is -0.135. The van der Waals surface area contributed by atoms with Gasteiger partial charge in [-0.3, -0.25) is 28.5 Å². The lowest BCUT2D eigenvalue weighted by molar-refractivity contribution is -0.122. The molecule has 1 heterocycles. The number of aromatic nitrogens is 1. The van der Waals surface area contributed by atoms with Gasteiger partial charge in [-0.15, -0.1) is 0 Å². The first kappa shape index (κ1) is 38.7. The second-order valence-electron chi connectivity index (χ2n) is 11.4. The molecule has 1 unspecified atom stereocenters. The van der Waals surface area contributed by atoms with Crippen LogP contribution in [0.4, 0.5) is 0 Å². The number of nitrogens with zero attached hydrogens (tertiary/aromatic N) is 1. The van der Waals surface area contributed by atoms with Crippen LogP contribution in [0.1, 0.15) is 46.9 Å². The molecule has 0 fully saturated rings. The van der Waals surface area contributed by atoms with Crippen LogP contribution in [0, 0.1) is 13.8 Å². The maximum Gasteiger partial charge on any atom is 0.262 e. The summed E-state index contributed by atoms with van der Waals surface area (Å²) in [5.74, 6) is -1.26. The second-order valence-corrected chi connectivity index (χ2v) is 14.4. The van der Waals surface area contributed by atoms with Gasteiger partial charge in [0.2, 0.25) is 15.9 Å². The number of rotatable bonds is 18. The van der Waals surface area contributed by atoms with Gasteiger partial charge in [-0.05, 0) is 75.6 Å². The van der Waals surface area contributed by atoms with Gasteiger partial charge in [0, 0.05) is 46.3 Å². The van der Waals surface area contributed by atoms with E-state index in [1.54, 1.807) is 37.3 Å². The molecule has 0 aliphatic rings. The predicted molar refractivity (Wildman–Crippen MR) is 192 cm³/mol. The van der Waals surface area contributed by atoms with E-state index in [0.29, 0.717) is 51.6 Å². The third-order valence-electron chi connectivity index (χ3n) is 7.79. The summed E-state index contributed by atoms with van der Waals surface area (Å²) in [5, 5.41) is 7.27. The highest BCUT2D eigenvalue weighted by atomic mass is 35.5. The lowest BCUT2D eigenvalue weighted by atomic mass is 10.0. The largest absolute Gasteiger partial charge is 0.321 e. The van der Waals surface area contributed by atoms with Crippen molar-refractivity contribution in [2.75, 3.05) is 30.3 Å². The minimum Gasteiger partial charge on any atom is -0.321 e. The molecule has 0 aliphatic carbocycles. The van der Waals surface area contributed by atoms with Gasteiger partial charge in [-0.1, -0.05) is 23.2 Å². The number of hydrogen-bond acceptors (Lipinski definition) is 11. The summed E-state index contributed by atoms with van der Waals surface area (Å²) in [6, 6.07) is 10.0. The van der Waals surface area contributed by atoms with E-state index in [2.05, 4.69) is 40.6 Å². The number of aryl methyl sites for hydroxylation is 1. The molecule has 2 aromatic carbocycles. The minimum absolute atomic E-state index is 0.0329. The Bertz CT molecular complexity index is 1710. The number of fused-ring (bicyclic) bond motifs is 1. The Morgan fingerprint density at radius 1 is 0.957 bits per heavy atom. The molecule has 0 bridgehead atoms. The third-order valence-corrected chi connectivity index (χ3v) is 10.1. The monoisotopic (exact) mass is 723 g/mol. The number of carbonyl (C=O) groups is 4. The van der Waals surface area contributed by atoms with E-state index in [1.807, 2.05) is 19.1 Å². The summed E-state index contributed by atoms with van der Waals surface area (Å²) >= 11 is 14.4. The van der Waals surface area contributed by atoms with Crippen LogP contribution in [0.5, 0.6) is 0 Å². The first-order valence-electron chi connectivity index (χ1n) is 15.1. The number of nitrogens with one attached hydrogen (secondary N) is 3. The highest BCUT2D eigenvalue weighted by Crippen LogP contribution is 2.29. The van der Waals surface area contributed by atoms with Crippen LogP contribution < -0.4 is 21.1 Å². The second kappa shape index (κ2) is 17.6. The zero-order valence-electron chi connectivity index (χ0n) is 26.6. The van der Waals surface area contributed by atoms with Crippen LogP contribution in [0.25, 0.3) is 10.9 Å². The van der Waals surface area contributed by atoms with E-state index in [-0.39, 0.29) is 48.5 Å². The van der Waals surface area contributed by atoms with E-state index in [1.165, 1.54) is 11.5 Å². The number of thiol groups is 2. The van der Waals surface area contributed by atoms with Crippen molar-refractivity contribution in [3.8, 4) is 0 Å². The summed E-state index contributed by atoms with van der Waals surface area (Å²) in [6.45, 7) is 5.88. The van der Waals surface area contributed by atoms with Gasteiger partial charge in [0.25, 0.3) is 5.91 Å². The van der Waals surface area contributed by atoms with Crippen molar-refractivity contribution in [1.82, 2.24) is 19.9 Å². The summed E-state index contributed by atoms with van der Waals surface area (Å²) in [4.78, 5) is 50.9. The molecule has 3 atom stereocenters. The number of halogens is 1. The minimum atomic E-state index is -4.04. The van der Waals surface area contributed by atoms with Crippen molar-refractivity contribution in [2.24, 2.45) is 5.73 Å². The molecule has 11 nitrogen and oxygen atoms in total. The molecule has 1 aromatic heterocycles. The fourth-order valence-electron chi connectivity index (χ4n) is 5.20. The quantitative estimate of drug-likeness (QED) is 0.0854. The molecule has 1 amide bonds. The van der Waals surface area contributed by atoms with Crippen LogP contribution in [0.3, 0.4) is 0 Å². The van der Waals surface area contributed by atoms with Crippen molar-refractivity contribution in [3.05, 3.63) is 69.9 Å². The van der Waals surface area contributed by atoms with Gasteiger partial charge >= 0.3 is 0 Å². The fourth-order valence-corrected chi connectivity index (χ4v) is 7.09. The molecule has 3 aromatic rings. The molecular formula is C32H42ClN5O6S3. The van der Waals surface area contributed by atoms with Crippen LogP contribution >= 0.6 is 36.9 Å². The predicted octanol–water partition coefficient (Wildman–Crippen LogP) is 2.63. The lowest BCUT2D eigenvalue weighted by Gasteiger charge is -2.20. The Kier molecular flexibility index (Phi) is 14.5. The van der Waals surface area contributed by atoms with E-state index < -0.39 is 33.8 Å². The maximum atomic E-state index is 13.5. The summed E-state index contributed by atoms with van der Waals surface area (Å²) < 4.78 is 29.3. The highest BCUT2D eigenvalue weighted by Gasteiger charge is 2.26. The van der Waals surface area contributed by atoms with E-state index in [4.69, 9.17) is 17.3 Å². The molecule has 3 rings (SSSR count). The van der Waals surface area contributed by atoms with Gasteiger partial charge in [0.1, 0.15) is 5.78 Å². The van der Waals surface area contributed by atoms with E-state index in [9.17, 15) is 27.6 Å². The average molecular weight is 724 g/mol. The zero-order chi connectivity index (χ0) is 34.9. The molecule has 0 radical (unpaired) electrons. The Morgan fingerprint density at radius 3 is 2.17 bits per heavy atom. The Balaban J connectivity index is 1.60. The number of hydrogen-bond donors (Lipinski definition) is 6. The van der Waals surface area contributed by atoms with Crippen LogP contribution in [-0.4, -0.2) is 84.8 Å². The smallest absolute Gasteiger partial charge is 0.262 e. The number of carbonyl (C=O) groups excluding carboxylic acids is 4. The lowest BCUT2D eigenvalue weighted by Crippen LogP contribution is -2.50. The summed E-state index contributed by atoms with van der Waals surface area (Å²) in [7, 11) is -4.04. The van der Waals surface area contributed by atoms with Crippen LogP contribution in [-0.2, 0) is 30.8 Å². The number of amides is 1. The van der Waals surface area contributed by atoms with Gasteiger partial charge in [0.15, 0.2) is 5.78 Å². The average Bonchev–Trinajstić information content (AvgIpc) is 3.27. The number of ketones is 2. The molecule has 0 aliphatic heterocycles. The zero-order valence-corrected chi connectivity index (χ0v) is 29.9. The van der Waals surface area contributed by atoms with Gasteiger partial charge < -0.3 is 16.4 Å². The van der Waals surface area contributed by atoms with Crippen LogP contribution in [0.15, 0.2) is 42.5 Å². The van der Waals surface area contributed by atoms with Gasteiger partial charge in [-0.2, -0.15) is 25.3 Å². The van der Waals surface area contributed by atoms with Crippen molar-refractivity contribution in [2.45, 2.75) is 58.2 Å². The van der Waals surface area contributed by atoms with Gasteiger partial charge in [-0.25, -0.2) is 8.42 Å². The molecule has 0 saturated carbocycles. The first-order chi connectivity index (χ1) is 22.2. The Morgan fingerprint density at radius 2 is 1.57 bits per heavy atom. The molecule has 47 heavy (non-hydrogen) atoms. The third kappa shape index (κ3) is 10.6. The molecule has 0 spiro atoms. The summed E-state index contributed by atoms with van der Waals surface area (Å²) in [5.41, 5.74) is 9.06. The van der Waals surface area contributed by atoms with Crippen LogP contribution in [0.2, 0.25) is 5.02 Å².